The number of imidazole rings is 1. The Labute approximate surface area is 93.1 Å². The second kappa shape index (κ2) is 3.51. The molecule has 15 heavy (non-hydrogen) atoms. The van der Waals surface area contributed by atoms with Gasteiger partial charge in [-0.25, -0.2) is 4.98 Å². The molecule has 1 fully saturated rings. The summed E-state index contributed by atoms with van der Waals surface area (Å²) in [5, 5.41) is 4.09. The summed E-state index contributed by atoms with van der Waals surface area (Å²) >= 11 is 6.18. The molecule has 78 valence electrons. The summed E-state index contributed by atoms with van der Waals surface area (Å²) in [6.07, 6.45) is 3.03. The van der Waals surface area contributed by atoms with Crippen molar-refractivity contribution in [1.29, 1.82) is 0 Å². The van der Waals surface area contributed by atoms with E-state index in [1.807, 2.05) is 28.8 Å². The SMILES string of the molecule is Clc1cccc2cnc(C3CCNC3)n12. The first-order chi connectivity index (χ1) is 7.36. The molecule has 2 aromatic rings. The molecule has 1 aliphatic rings. The molecule has 0 saturated carbocycles. The highest BCUT2D eigenvalue weighted by atomic mass is 35.5. The lowest BCUT2D eigenvalue weighted by Gasteiger charge is -2.08. The number of aromatic nitrogens is 2. The zero-order valence-electron chi connectivity index (χ0n) is 8.28. The largest absolute Gasteiger partial charge is 0.316 e. The van der Waals surface area contributed by atoms with E-state index in [2.05, 4.69) is 10.3 Å². The summed E-state index contributed by atoms with van der Waals surface area (Å²) < 4.78 is 2.04. The van der Waals surface area contributed by atoms with E-state index in [4.69, 9.17) is 11.6 Å². The Morgan fingerprint density at radius 1 is 1.47 bits per heavy atom. The van der Waals surface area contributed by atoms with Crippen LogP contribution in [0.3, 0.4) is 0 Å². The molecule has 1 unspecified atom stereocenters. The quantitative estimate of drug-likeness (QED) is 0.747. The van der Waals surface area contributed by atoms with E-state index >= 15 is 0 Å². The summed E-state index contributed by atoms with van der Waals surface area (Å²) in [7, 11) is 0. The number of rotatable bonds is 1. The summed E-state index contributed by atoms with van der Waals surface area (Å²) in [5.41, 5.74) is 1.07. The minimum Gasteiger partial charge on any atom is -0.316 e. The fraction of sp³-hybridized carbons (Fsp3) is 0.364. The van der Waals surface area contributed by atoms with E-state index in [9.17, 15) is 0 Å². The van der Waals surface area contributed by atoms with Crippen molar-refractivity contribution in [3.8, 4) is 0 Å². The van der Waals surface area contributed by atoms with Crippen molar-refractivity contribution >= 4 is 17.1 Å². The number of nitrogens with one attached hydrogen (secondary N) is 1. The van der Waals surface area contributed by atoms with Crippen molar-refractivity contribution in [2.75, 3.05) is 13.1 Å². The Bertz CT molecular complexity index is 486. The number of hydrogen-bond acceptors (Lipinski definition) is 2. The van der Waals surface area contributed by atoms with E-state index in [0.29, 0.717) is 5.92 Å². The predicted octanol–water partition coefficient (Wildman–Crippen LogP) is 2.06. The number of nitrogens with zero attached hydrogens (tertiary/aromatic N) is 2. The molecule has 3 nitrogen and oxygen atoms in total. The van der Waals surface area contributed by atoms with Gasteiger partial charge in [-0.1, -0.05) is 17.7 Å². The highest BCUT2D eigenvalue weighted by molar-refractivity contribution is 6.29. The Balaban J connectivity index is 2.18. The summed E-state index contributed by atoms with van der Waals surface area (Å²) in [5.74, 6) is 1.58. The first kappa shape index (κ1) is 9.19. The fourth-order valence-electron chi connectivity index (χ4n) is 2.19. The van der Waals surface area contributed by atoms with Crippen LogP contribution < -0.4 is 5.32 Å². The second-order valence-electron chi connectivity index (χ2n) is 3.91. The third kappa shape index (κ3) is 1.43. The van der Waals surface area contributed by atoms with Gasteiger partial charge in [-0.2, -0.15) is 0 Å². The summed E-state index contributed by atoms with van der Waals surface area (Å²) in [4.78, 5) is 4.48. The topological polar surface area (TPSA) is 29.3 Å². The second-order valence-corrected chi connectivity index (χ2v) is 4.30. The van der Waals surface area contributed by atoms with Crippen LogP contribution in [0.15, 0.2) is 24.4 Å². The van der Waals surface area contributed by atoms with Crippen LogP contribution in [0, 0.1) is 0 Å². The van der Waals surface area contributed by atoms with Crippen LogP contribution in [0.1, 0.15) is 18.2 Å². The van der Waals surface area contributed by atoms with Gasteiger partial charge in [-0.05, 0) is 25.1 Å². The lowest BCUT2D eigenvalue weighted by atomic mass is 10.1. The van der Waals surface area contributed by atoms with Crippen LogP contribution in [0.25, 0.3) is 5.52 Å². The third-order valence-electron chi connectivity index (χ3n) is 2.96. The van der Waals surface area contributed by atoms with E-state index in [1.165, 1.54) is 0 Å². The lowest BCUT2D eigenvalue weighted by molar-refractivity contribution is 0.699. The van der Waals surface area contributed by atoms with Crippen molar-refractivity contribution in [2.45, 2.75) is 12.3 Å². The molecule has 4 heteroatoms. The average Bonchev–Trinajstić information content (AvgIpc) is 2.85. The standard InChI is InChI=1S/C11H12ClN3/c12-10-3-1-2-9-7-14-11(15(9)10)8-4-5-13-6-8/h1-3,7-8,13H,4-6H2. The van der Waals surface area contributed by atoms with Gasteiger partial charge in [0.15, 0.2) is 0 Å². The maximum absolute atomic E-state index is 6.18. The normalized spacial score (nSPS) is 21.3. The molecule has 0 radical (unpaired) electrons. The molecule has 3 rings (SSSR count). The molecule has 1 aliphatic heterocycles. The molecule has 1 N–H and O–H groups in total. The van der Waals surface area contributed by atoms with Gasteiger partial charge in [0, 0.05) is 12.5 Å². The smallest absolute Gasteiger partial charge is 0.118 e. The van der Waals surface area contributed by atoms with Crippen LogP contribution in [0.2, 0.25) is 5.15 Å². The number of fused-ring (bicyclic) bond motifs is 1. The summed E-state index contributed by atoms with van der Waals surface area (Å²) in [6.45, 7) is 2.08. The predicted molar refractivity (Wildman–Crippen MR) is 60.4 cm³/mol. The van der Waals surface area contributed by atoms with E-state index in [-0.39, 0.29) is 0 Å². The molecule has 0 aliphatic carbocycles. The molecule has 0 amide bonds. The van der Waals surface area contributed by atoms with Crippen LogP contribution in [0.4, 0.5) is 0 Å². The van der Waals surface area contributed by atoms with Gasteiger partial charge in [-0.15, -0.1) is 0 Å². The minimum absolute atomic E-state index is 0.493. The molecule has 0 aromatic carbocycles. The van der Waals surface area contributed by atoms with Gasteiger partial charge in [0.2, 0.25) is 0 Å². The van der Waals surface area contributed by atoms with E-state index < -0.39 is 0 Å². The molecule has 1 saturated heterocycles. The van der Waals surface area contributed by atoms with Crippen LogP contribution >= 0.6 is 11.6 Å². The molecule has 1 atom stereocenters. The van der Waals surface area contributed by atoms with Gasteiger partial charge in [-0.3, -0.25) is 4.40 Å². The fourth-order valence-corrected chi connectivity index (χ4v) is 2.45. The first-order valence-electron chi connectivity index (χ1n) is 5.19. The minimum atomic E-state index is 0.493. The number of hydrogen-bond donors (Lipinski definition) is 1. The van der Waals surface area contributed by atoms with Crippen molar-refractivity contribution in [3.63, 3.8) is 0 Å². The first-order valence-corrected chi connectivity index (χ1v) is 5.56. The highest BCUT2D eigenvalue weighted by Gasteiger charge is 2.21. The maximum Gasteiger partial charge on any atom is 0.118 e. The van der Waals surface area contributed by atoms with Crippen molar-refractivity contribution < 1.29 is 0 Å². The maximum atomic E-state index is 6.18. The van der Waals surface area contributed by atoms with Crippen LogP contribution in [-0.2, 0) is 0 Å². The summed E-state index contributed by atoms with van der Waals surface area (Å²) in [6, 6.07) is 5.89. The zero-order valence-corrected chi connectivity index (χ0v) is 9.04. The molecular formula is C11H12ClN3. The number of pyridine rings is 1. The Morgan fingerprint density at radius 2 is 2.40 bits per heavy atom. The van der Waals surface area contributed by atoms with Crippen molar-refractivity contribution in [2.24, 2.45) is 0 Å². The lowest BCUT2D eigenvalue weighted by Crippen LogP contribution is -2.10. The molecule has 3 heterocycles. The van der Waals surface area contributed by atoms with Gasteiger partial charge in [0.1, 0.15) is 11.0 Å². The van der Waals surface area contributed by atoms with Gasteiger partial charge in [0.25, 0.3) is 0 Å². The third-order valence-corrected chi connectivity index (χ3v) is 3.25. The monoisotopic (exact) mass is 221 g/mol. The van der Waals surface area contributed by atoms with Crippen LogP contribution in [-0.4, -0.2) is 22.5 Å². The molecule has 0 bridgehead atoms. The zero-order chi connectivity index (χ0) is 10.3. The average molecular weight is 222 g/mol. The van der Waals surface area contributed by atoms with E-state index in [1.54, 1.807) is 0 Å². The number of halogens is 1. The van der Waals surface area contributed by atoms with Crippen molar-refractivity contribution in [3.05, 3.63) is 35.4 Å². The Kier molecular flexibility index (Phi) is 2.15. The van der Waals surface area contributed by atoms with Gasteiger partial charge < -0.3 is 5.32 Å². The Morgan fingerprint density at radius 3 is 3.20 bits per heavy atom. The van der Waals surface area contributed by atoms with Gasteiger partial charge >= 0.3 is 0 Å². The van der Waals surface area contributed by atoms with Crippen LogP contribution in [0.5, 0.6) is 0 Å². The Hall–Kier alpha value is -1.06. The highest BCUT2D eigenvalue weighted by Crippen LogP contribution is 2.25. The molecule has 2 aromatic heterocycles. The molecular weight excluding hydrogens is 210 g/mol. The van der Waals surface area contributed by atoms with Crippen molar-refractivity contribution in [1.82, 2.24) is 14.7 Å². The molecule has 0 spiro atoms. The van der Waals surface area contributed by atoms with Gasteiger partial charge in [0.05, 0.1) is 11.7 Å². The van der Waals surface area contributed by atoms with E-state index in [0.717, 1.165) is 36.0 Å².